The highest BCUT2D eigenvalue weighted by Gasteiger charge is 2.13. The number of carbonyl (C=O) groups is 2. The normalized spacial score (nSPS) is 11.5. The highest BCUT2D eigenvalue weighted by atomic mass is 16.5. The first-order valence-corrected chi connectivity index (χ1v) is 7.33. The summed E-state index contributed by atoms with van der Waals surface area (Å²) in [4.78, 5) is 22.0. The number of rotatable bonds is 7. The van der Waals surface area contributed by atoms with Gasteiger partial charge in [0.15, 0.2) is 5.78 Å². The van der Waals surface area contributed by atoms with Crippen LogP contribution < -0.4 is 10.1 Å². The topological polar surface area (TPSA) is 75.6 Å². The minimum atomic E-state index is -1.08. The number of carbonyl (C=O) groups excluding carboxylic acids is 1. The fourth-order valence-corrected chi connectivity index (χ4v) is 2.19. The maximum atomic E-state index is 11.3. The second kappa shape index (κ2) is 7.98. The summed E-state index contributed by atoms with van der Waals surface area (Å²) in [6.45, 7) is 1.68. The van der Waals surface area contributed by atoms with E-state index < -0.39 is 6.09 Å². The van der Waals surface area contributed by atoms with Gasteiger partial charge in [-0.05, 0) is 36.8 Å². The van der Waals surface area contributed by atoms with Crippen molar-refractivity contribution in [2.24, 2.45) is 0 Å². The van der Waals surface area contributed by atoms with E-state index in [2.05, 4.69) is 5.32 Å². The van der Waals surface area contributed by atoms with E-state index in [-0.39, 0.29) is 18.4 Å². The first kappa shape index (κ1) is 16.5. The van der Waals surface area contributed by atoms with Crippen LogP contribution in [0.2, 0.25) is 0 Å². The van der Waals surface area contributed by atoms with Gasteiger partial charge in [-0.1, -0.05) is 30.3 Å². The Labute approximate surface area is 134 Å². The predicted octanol–water partition coefficient (Wildman–Crippen LogP) is 3.15. The van der Waals surface area contributed by atoms with E-state index in [0.29, 0.717) is 17.7 Å². The summed E-state index contributed by atoms with van der Waals surface area (Å²) in [5.41, 5.74) is 1.67. The maximum absolute atomic E-state index is 11.3. The van der Waals surface area contributed by atoms with Crippen molar-refractivity contribution in [1.29, 1.82) is 0 Å². The molecule has 0 aromatic heterocycles. The van der Waals surface area contributed by atoms with Crippen molar-refractivity contribution in [2.45, 2.75) is 19.4 Å². The quantitative estimate of drug-likeness (QED) is 0.770. The molecule has 2 aromatic rings. The molecule has 0 aliphatic carbocycles. The lowest BCUT2D eigenvalue weighted by atomic mass is 10.1. The highest BCUT2D eigenvalue weighted by Crippen LogP contribution is 2.16. The van der Waals surface area contributed by atoms with Gasteiger partial charge in [-0.2, -0.15) is 0 Å². The summed E-state index contributed by atoms with van der Waals surface area (Å²) in [5.74, 6) is 0.591. The van der Waals surface area contributed by atoms with E-state index in [1.165, 1.54) is 6.92 Å². The van der Waals surface area contributed by atoms with E-state index in [1.807, 2.05) is 30.3 Å². The third-order valence-corrected chi connectivity index (χ3v) is 3.35. The Morgan fingerprint density at radius 2 is 1.74 bits per heavy atom. The van der Waals surface area contributed by atoms with Crippen molar-refractivity contribution in [3.63, 3.8) is 0 Å². The SMILES string of the molecule is CC(=O)c1ccc(OC(CNC(=O)O)Cc2ccccc2)cc1. The molecule has 0 radical (unpaired) electrons. The smallest absolute Gasteiger partial charge is 0.404 e. The summed E-state index contributed by atoms with van der Waals surface area (Å²) < 4.78 is 5.87. The number of nitrogens with one attached hydrogen (secondary N) is 1. The minimum absolute atomic E-state index is 0.00932. The van der Waals surface area contributed by atoms with Crippen molar-refractivity contribution in [3.05, 3.63) is 65.7 Å². The van der Waals surface area contributed by atoms with Crippen molar-refractivity contribution in [3.8, 4) is 5.75 Å². The van der Waals surface area contributed by atoms with Crippen LogP contribution in [0.5, 0.6) is 5.75 Å². The maximum Gasteiger partial charge on any atom is 0.404 e. The summed E-state index contributed by atoms with van der Waals surface area (Å²) >= 11 is 0. The van der Waals surface area contributed by atoms with E-state index in [4.69, 9.17) is 9.84 Å². The number of hydrogen-bond acceptors (Lipinski definition) is 3. The van der Waals surface area contributed by atoms with Gasteiger partial charge in [-0.25, -0.2) is 4.79 Å². The monoisotopic (exact) mass is 313 g/mol. The van der Waals surface area contributed by atoms with Crippen LogP contribution in [0.3, 0.4) is 0 Å². The average Bonchev–Trinajstić information content (AvgIpc) is 2.54. The Balaban J connectivity index is 2.06. The largest absolute Gasteiger partial charge is 0.488 e. The Morgan fingerprint density at radius 3 is 2.30 bits per heavy atom. The fraction of sp³-hybridized carbons (Fsp3) is 0.222. The van der Waals surface area contributed by atoms with Crippen LogP contribution in [0.25, 0.3) is 0 Å². The first-order valence-electron chi connectivity index (χ1n) is 7.33. The number of carboxylic acid groups (broad SMARTS) is 1. The van der Waals surface area contributed by atoms with Crippen molar-refractivity contribution >= 4 is 11.9 Å². The van der Waals surface area contributed by atoms with E-state index >= 15 is 0 Å². The number of ether oxygens (including phenoxy) is 1. The third-order valence-electron chi connectivity index (χ3n) is 3.35. The zero-order valence-electron chi connectivity index (χ0n) is 12.9. The molecular formula is C18H19NO4. The standard InChI is InChI=1S/C18H19NO4/c1-13(20)15-7-9-16(10-8-15)23-17(12-19-18(21)22)11-14-5-3-2-4-6-14/h2-10,17,19H,11-12H2,1H3,(H,21,22). The molecule has 0 saturated carbocycles. The van der Waals surface area contributed by atoms with Crippen LogP contribution >= 0.6 is 0 Å². The van der Waals surface area contributed by atoms with Gasteiger partial charge in [-0.15, -0.1) is 0 Å². The van der Waals surface area contributed by atoms with Crippen LogP contribution in [0.4, 0.5) is 4.79 Å². The average molecular weight is 313 g/mol. The molecule has 1 unspecified atom stereocenters. The van der Waals surface area contributed by atoms with Crippen LogP contribution in [-0.4, -0.2) is 29.6 Å². The van der Waals surface area contributed by atoms with Crippen LogP contribution in [0, 0.1) is 0 Å². The number of amides is 1. The highest BCUT2D eigenvalue weighted by molar-refractivity contribution is 5.94. The summed E-state index contributed by atoms with van der Waals surface area (Å²) in [5, 5.41) is 11.1. The molecule has 1 amide bonds. The number of ketones is 1. The number of Topliss-reactive ketones (excluding diaryl/α,β-unsaturated/α-hetero) is 1. The van der Waals surface area contributed by atoms with E-state index in [9.17, 15) is 9.59 Å². The molecule has 2 N–H and O–H groups in total. The molecule has 2 aromatic carbocycles. The second-order valence-electron chi connectivity index (χ2n) is 5.20. The van der Waals surface area contributed by atoms with E-state index in [0.717, 1.165) is 5.56 Å². The van der Waals surface area contributed by atoms with Gasteiger partial charge in [-0.3, -0.25) is 4.79 Å². The third kappa shape index (κ3) is 5.47. The molecule has 0 aliphatic rings. The van der Waals surface area contributed by atoms with Gasteiger partial charge < -0.3 is 15.2 Å². The van der Waals surface area contributed by atoms with Gasteiger partial charge in [0, 0.05) is 12.0 Å². The molecule has 23 heavy (non-hydrogen) atoms. The zero-order valence-corrected chi connectivity index (χ0v) is 12.9. The molecule has 0 aliphatic heterocycles. The lowest BCUT2D eigenvalue weighted by Crippen LogP contribution is -2.35. The molecule has 120 valence electrons. The van der Waals surface area contributed by atoms with Gasteiger partial charge in [0.1, 0.15) is 11.9 Å². The van der Waals surface area contributed by atoms with Gasteiger partial charge in [0.2, 0.25) is 0 Å². The first-order chi connectivity index (χ1) is 11.0. The minimum Gasteiger partial charge on any atom is -0.488 e. The Morgan fingerprint density at radius 1 is 1.09 bits per heavy atom. The molecule has 5 heteroatoms. The number of benzene rings is 2. The number of hydrogen-bond donors (Lipinski definition) is 2. The van der Waals surface area contributed by atoms with Crippen LogP contribution in [0.1, 0.15) is 22.8 Å². The molecular weight excluding hydrogens is 294 g/mol. The molecule has 0 spiro atoms. The van der Waals surface area contributed by atoms with Crippen molar-refractivity contribution < 1.29 is 19.4 Å². The lowest BCUT2D eigenvalue weighted by molar-refractivity contribution is 0.101. The lowest BCUT2D eigenvalue weighted by Gasteiger charge is -2.19. The predicted molar refractivity (Wildman–Crippen MR) is 87.0 cm³/mol. The molecule has 0 saturated heterocycles. The molecule has 5 nitrogen and oxygen atoms in total. The summed E-state index contributed by atoms with van der Waals surface area (Å²) in [6, 6.07) is 16.5. The van der Waals surface area contributed by atoms with Gasteiger partial charge in [0.05, 0.1) is 6.54 Å². The second-order valence-corrected chi connectivity index (χ2v) is 5.20. The van der Waals surface area contributed by atoms with Crippen molar-refractivity contribution in [2.75, 3.05) is 6.54 Å². The van der Waals surface area contributed by atoms with Gasteiger partial charge >= 0.3 is 6.09 Å². The van der Waals surface area contributed by atoms with Crippen LogP contribution in [0.15, 0.2) is 54.6 Å². The summed E-state index contributed by atoms with van der Waals surface area (Å²) in [6.07, 6.45) is -0.842. The van der Waals surface area contributed by atoms with E-state index in [1.54, 1.807) is 24.3 Å². The van der Waals surface area contributed by atoms with Gasteiger partial charge in [0.25, 0.3) is 0 Å². The molecule has 0 heterocycles. The molecule has 1 atom stereocenters. The zero-order chi connectivity index (χ0) is 16.7. The summed E-state index contributed by atoms with van der Waals surface area (Å²) in [7, 11) is 0. The van der Waals surface area contributed by atoms with Crippen molar-refractivity contribution in [1.82, 2.24) is 5.32 Å². The Bertz CT molecular complexity index is 652. The molecule has 0 fully saturated rings. The molecule has 0 bridgehead atoms. The Kier molecular flexibility index (Phi) is 5.74. The molecule has 2 rings (SSSR count). The van der Waals surface area contributed by atoms with Crippen LogP contribution in [-0.2, 0) is 6.42 Å². The Hall–Kier alpha value is -2.82. The fourth-order valence-electron chi connectivity index (χ4n) is 2.19.